The highest BCUT2D eigenvalue weighted by Crippen LogP contribution is 2.30. The molecule has 0 aliphatic heterocycles. The Hall–Kier alpha value is -0.510. The topological polar surface area (TPSA) is 46.2 Å². The number of aliphatic hydroxyl groups excluding tert-OH is 1. The van der Waals surface area contributed by atoms with Gasteiger partial charge in [0, 0.05) is 23.0 Å². The molecule has 3 N–H and O–H groups in total. The summed E-state index contributed by atoms with van der Waals surface area (Å²) in [6, 6.07) is 7.56. The van der Waals surface area contributed by atoms with E-state index in [0.717, 1.165) is 10.5 Å². The summed E-state index contributed by atoms with van der Waals surface area (Å²) in [6.07, 6.45) is 0. The number of aliphatic hydroxyl groups is 1. The largest absolute Gasteiger partial charge is 0.396 e. The summed E-state index contributed by atoms with van der Waals surface area (Å²) in [5, 5.41) is 9.19. The van der Waals surface area contributed by atoms with E-state index in [4.69, 9.17) is 5.73 Å². The molecule has 0 bridgehead atoms. The van der Waals surface area contributed by atoms with Gasteiger partial charge in [-0.2, -0.15) is 0 Å². The van der Waals surface area contributed by atoms with Gasteiger partial charge in [0.15, 0.2) is 0 Å². The average molecular weight is 211 g/mol. The molecule has 0 heterocycles. The smallest absolute Gasteiger partial charge is 0.0500 e. The number of rotatable bonds is 3. The Bertz CT molecular complexity index is 295. The fourth-order valence-electron chi connectivity index (χ4n) is 1.23. The molecule has 0 amide bonds. The monoisotopic (exact) mass is 211 g/mol. The zero-order valence-electron chi connectivity index (χ0n) is 8.57. The number of thiol groups is 1. The van der Waals surface area contributed by atoms with Gasteiger partial charge in [-0.1, -0.05) is 26.0 Å². The Labute approximate surface area is 90.5 Å². The lowest BCUT2D eigenvalue weighted by Crippen LogP contribution is -2.32. The van der Waals surface area contributed by atoms with Gasteiger partial charge in [-0.25, -0.2) is 0 Å². The molecule has 14 heavy (non-hydrogen) atoms. The van der Waals surface area contributed by atoms with Crippen molar-refractivity contribution in [3.8, 4) is 0 Å². The van der Waals surface area contributed by atoms with Gasteiger partial charge in [-0.15, -0.1) is 12.6 Å². The molecule has 1 unspecified atom stereocenters. The van der Waals surface area contributed by atoms with Gasteiger partial charge in [-0.05, 0) is 17.7 Å². The Kier molecular flexibility index (Phi) is 3.59. The minimum Gasteiger partial charge on any atom is -0.396 e. The lowest BCUT2D eigenvalue weighted by molar-refractivity contribution is 0.132. The first-order chi connectivity index (χ1) is 6.47. The highest BCUT2D eigenvalue weighted by atomic mass is 32.1. The number of hydrogen-bond donors (Lipinski definition) is 3. The average Bonchev–Trinajstić information content (AvgIpc) is 2.18. The molecule has 1 aromatic rings. The standard InChI is InChI=1S/C11H17NOS/c1-11(2,7-13)10(12)8-3-5-9(14)6-4-8/h3-6,10,13-14H,7,12H2,1-2H3. The van der Waals surface area contributed by atoms with Crippen LogP contribution in [-0.4, -0.2) is 11.7 Å². The molecule has 3 heteroatoms. The van der Waals surface area contributed by atoms with Crippen molar-refractivity contribution in [1.82, 2.24) is 0 Å². The molecule has 1 atom stereocenters. The van der Waals surface area contributed by atoms with Crippen molar-refractivity contribution >= 4 is 12.6 Å². The number of nitrogens with two attached hydrogens (primary N) is 1. The summed E-state index contributed by atoms with van der Waals surface area (Å²) in [6.45, 7) is 3.98. The second kappa shape index (κ2) is 4.34. The van der Waals surface area contributed by atoms with Crippen molar-refractivity contribution in [2.75, 3.05) is 6.61 Å². The van der Waals surface area contributed by atoms with E-state index < -0.39 is 0 Å². The number of hydrogen-bond acceptors (Lipinski definition) is 3. The normalized spacial score (nSPS) is 14.1. The van der Waals surface area contributed by atoms with Crippen molar-refractivity contribution in [2.24, 2.45) is 11.1 Å². The van der Waals surface area contributed by atoms with Gasteiger partial charge in [0.1, 0.15) is 0 Å². The molecule has 0 aliphatic carbocycles. The Morgan fingerprint density at radius 2 is 1.86 bits per heavy atom. The van der Waals surface area contributed by atoms with E-state index >= 15 is 0 Å². The van der Waals surface area contributed by atoms with Crippen LogP contribution in [0.5, 0.6) is 0 Å². The first-order valence-corrected chi connectivity index (χ1v) is 5.07. The van der Waals surface area contributed by atoms with Crippen LogP contribution in [-0.2, 0) is 0 Å². The Balaban J connectivity index is 2.89. The summed E-state index contributed by atoms with van der Waals surface area (Å²) in [5.74, 6) is 0. The molecular weight excluding hydrogens is 194 g/mol. The van der Waals surface area contributed by atoms with E-state index in [-0.39, 0.29) is 18.1 Å². The van der Waals surface area contributed by atoms with Gasteiger partial charge < -0.3 is 10.8 Å². The first-order valence-electron chi connectivity index (χ1n) is 4.63. The molecule has 0 fully saturated rings. The van der Waals surface area contributed by atoms with E-state index in [1.54, 1.807) is 0 Å². The summed E-state index contributed by atoms with van der Waals surface area (Å²) < 4.78 is 0. The fraction of sp³-hybridized carbons (Fsp3) is 0.455. The van der Waals surface area contributed by atoms with Gasteiger partial charge >= 0.3 is 0 Å². The second-order valence-electron chi connectivity index (χ2n) is 4.22. The zero-order valence-corrected chi connectivity index (χ0v) is 9.46. The van der Waals surface area contributed by atoms with Crippen molar-refractivity contribution in [3.05, 3.63) is 29.8 Å². The van der Waals surface area contributed by atoms with Crippen LogP contribution < -0.4 is 5.73 Å². The Morgan fingerprint density at radius 1 is 1.36 bits per heavy atom. The van der Waals surface area contributed by atoms with Crippen LogP contribution in [0.1, 0.15) is 25.5 Å². The molecule has 78 valence electrons. The molecular formula is C11H17NOS. The van der Waals surface area contributed by atoms with Crippen LogP contribution in [0, 0.1) is 5.41 Å². The molecule has 0 saturated carbocycles. The van der Waals surface area contributed by atoms with Gasteiger partial charge in [-0.3, -0.25) is 0 Å². The third-order valence-corrected chi connectivity index (χ3v) is 2.80. The number of benzene rings is 1. The summed E-state index contributed by atoms with van der Waals surface area (Å²) >= 11 is 4.21. The van der Waals surface area contributed by atoms with Crippen LogP contribution >= 0.6 is 12.6 Å². The van der Waals surface area contributed by atoms with Gasteiger partial charge in [0.25, 0.3) is 0 Å². The molecule has 0 radical (unpaired) electrons. The first kappa shape index (κ1) is 11.6. The maximum absolute atomic E-state index is 9.19. The van der Waals surface area contributed by atoms with E-state index in [9.17, 15) is 5.11 Å². The lowest BCUT2D eigenvalue weighted by atomic mass is 9.82. The zero-order chi connectivity index (χ0) is 10.8. The third-order valence-electron chi connectivity index (χ3n) is 2.50. The minimum absolute atomic E-state index is 0.0802. The van der Waals surface area contributed by atoms with Gasteiger partial charge in [0.05, 0.1) is 0 Å². The quantitative estimate of drug-likeness (QED) is 0.670. The highest BCUT2D eigenvalue weighted by molar-refractivity contribution is 7.80. The van der Waals surface area contributed by atoms with Crippen LogP contribution in [0.25, 0.3) is 0 Å². The highest BCUT2D eigenvalue weighted by Gasteiger charge is 2.26. The maximum Gasteiger partial charge on any atom is 0.0500 e. The van der Waals surface area contributed by atoms with Crippen molar-refractivity contribution in [1.29, 1.82) is 0 Å². The molecule has 0 aromatic heterocycles. The summed E-state index contributed by atoms with van der Waals surface area (Å²) in [5.41, 5.74) is 6.78. The minimum atomic E-state index is -0.294. The predicted molar refractivity (Wildman–Crippen MR) is 61.5 cm³/mol. The van der Waals surface area contributed by atoms with E-state index in [0.29, 0.717) is 0 Å². The molecule has 0 spiro atoms. The fourth-order valence-corrected chi connectivity index (χ4v) is 1.38. The van der Waals surface area contributed by atoms with E-state index in [1.807, 2.05) is 38.1 Å². The van der Waals surface area contributed by atoms with Crippen molar-refractivity contribution in [3.63, 3.8) is 0 Å². The lowest BCUT2D eigenvalue weighted by Gasteiger charge is -2.29. The van der Waals surface area contributed by atoms with Crippen LogP contribution in [0.15, 0.2) is 29.2 Å². The van der Waals surface area contributed by atoms with Crippen LogP contribution in [0.3, 0.4) is 0 Å². The van der Waals surface area contributed by atoms with E-state index in [2.05, 4.69) is 12.6 Å². The summed E-state index contributed by atoms with van der Waals surface area (Å²) in [4.78, 5) is 0.919. The summed E-state index contributed by atoms with van der Waals surface area (Å²) in [7, 11) is 0. The molecule has 0 saturated heterocycles. The second-order valence-corrected chi connectivity index (χ2v) is 4.73. The predicted octanol–water partition coefficient (Wildman–Crippen LogP) is 1.99. The maximum atomic E-state index is 9.19. The van der Waals surface area contributed by atoms with Crippen LogP contribution in [0.4, 0.5) is 0 Å². The third kappa shape index (κ3) is 2.50. The van der Waals surface area contributed by atoms with Crippen molar-refractivity contribution < 1.29 is 5.11 Å². The van der Waals surface area contributed by atoms with E-state index in [1.165, 1.54) is 0 Å². The molecule has 1 rings (SSSR count). The van der Waals surface area contributed by atoms with Crippen molar-refractivity contribution in [2.45, 2.75) is 24.8 Å². The molecule has 0 aliphatic rings. The van der Waals surface area contributed by atoms with Crippen LogP contribution in [0.2, 0.25) is 0 Å². The van der Waals surface area contributed by atoms with Gasteiger partial charge in [0.2, 0.25) is 0 Å². The Morgan fingerprint density at radius 3 is 2.29 bits per heavy atom. The SMILES string of the molecule is CC(C)(CO)C(N)c1ccc(S)cc1. The molecule has 1 aromatic carbocycles. The molecule has 2 nitrogen and oxygen atoms in total.